The molecule has 2 aromatic rings. The number of pyridine rings is 1. The van der Waals surface area contributed by atoms with Crippen molar-refractivity contribution >= 4 is 10.9 Å². The summed E-state index contributed by atoms with van der Waals surface area (Å²) in [6.45, 7) is 8.91. The van der Waals surface area contributed by atoms with Gasteiger partial charge in [0, 0.05) is 43.8 Å². The monoisotopic (exact) mass is 285 g/mol. The summed E-state index contributed by atoms with van der Waals surface area (Å²) in [7, 11) is 0. The van der Waals surface area contributed by atoms with Gasteiger partial charge in [0.1, 0.15) is 0 Å². The van der Waals surface area contributed by atoms with E-state index in [9.17, 15) is 0 Å². The van der Waals surface area contributed by atoms with Crippen molar-refractivity contribution in [3.8, 4) is 0 Å². The molecule has 1 aromatic heterocycles. The van der Waals surface area contributed by atoms with Gasteiger partial charge >= 0.3 is 0 Å². The van der Waals surface area contributed by atoms with Crippen LogP contribution in [0.25, 0.3) is 10.9 Å². The fraction of sp³-hybridized carbons (Fsp3) is 0.471. The van der Waals surface area contributed by atoms with Gasteiger partial charge in [0.2, 0.25) is 0 Å². The molecule has 0 unspecified atom stereocenters. The number of fused-ring (bicyclic) bond motifs is 1. The van der Waals surface area contributed by atoms with Crippen molar-refractivity contribution in [3.05, 3.63) is 41.6 Å². The summed E-state index contributed by atoms with van der Waals surface area (Å²) < 4.78 is 5.36. The highest BCUT2D eigenvalue weighted by atomic mass is 16.5. The Morgan fingerprint density at radius 2 is 2.05 bits per heavy atom. The van der Waals surface area contributed by atoms with Gasteiger partial charge in [0.25, 0.3) is 0 Å². The summed E-state index contributed by atoms with van der Waals surface area (Å²) in [5.74, 6) is 0. The standard InChI is InChI=1S/C17H23N3O/c1-14-2-4-16-12-15(3-5-17(16)19-14)13-18-6-7-20-8-10-21-11-9-20/h2-5,12,18H,6-11,13H2,1H3. The van der Waals surface area contributed by atoms with Crippen molar-refractivity contribution in [1.82, 2.24) is 15.2 Å². The van der Waals surface area contributed by atoms with Crippen LogP contribution in [0.2, 0.25) is 0 Å². The van der Waals surface area contributed by atoms with Crippen molar-refractivity contribution < 1.29 is 4.74 Å². The molecule has 0 bridgehead atoms. The quantitative estimate of drug-likeness (QED) is 0.852. The van der Waals surface area contributed by atoms with Gasteiger partial charge < -0.3 is 10.1 Å². The summed E-state index contributed by atoms with van der Waals surface area (Å²) in [5.41, 5.74) is 3.46. The van der Waals surface area contributed by atoms with Gasteiger partial charge in [-0.25, -0.2) is 0 Å². The average molecular weight is 285 g/mol. The van der Waals surface area contributed by atoms with Gasteiger partial charge in [-0.2, -0.15) is 0 Å². The molecule has 2 heterocycles. The van der Waals surface area contributed by atoms with Crippen molar-refractivity contribution in [1.29, 1.82) is 0 Å². The number of hydrogen-bond acceptors (Lipinski definition) is 4. The van der Waals surface area contributed by atoms with Gasteiger partial charge in [0.15, 0.2) is 0 Å². The number of rotatable bonds is 5. The van der Waals surface area contributed by atoms with Crippen LogP contribution < -0.4 is 5.32 Å². The maximum absolute atomic E-state index is 5.36. The molecule has 112 valence electrons. The van der Waals surface area contributed by atoms with E-state index in [0.717, 1.165) is 57.1 Å². The van der Waals surface area contributed by atoms with E-state index < -0.39 is 0 Å². The molecule has 1 saturated heterocycles. The Labute approximate surface area is 126 Å². The van der Waals surface area contributed by atoms with Crippen molar-refractivity contribution in [2.75, 3.05) is 39.4 Å². The lowest BCUT2D eigenvalue weighted by Crippen LogP contribution is -2.40. The molecule has 4 heteroatoms. The molecule has 1 fully saturated rings. The largest absolute Gasteiger partial charge is 0.379 e. The number of benzene rings is 1. The second kappa shape index (κ2) is 6.98. The third kappa shape index (κ3) is 4.00. The molecule has 0 aliphatic carbocycles. The first-order valence-electron chi connectivity index (χ1n) is 7.68. The van der Waals surface area contributed by atoms with Gasteiger partial charge in [0.05, 0.1) is 18.7 Å². The van der Waals surface area contributed by atoms with E-state index in [2.05, 4.69) is 45.5 Å². The van der Waals surface area contributed by atoms with Crippen LogP contribution in [-0.4, -0.2) is 49.3 Å². The van der Waals surface area contributed by atoms with Crippen molar-refractivity contribution in [2.24, 2.45) is 0 Å². The van der Waals surface area contributed by atoms with Crippen LogP contribution in [0.1, 0.15) is 11.3 Å². The minimum atomic E-state index is 0.872. The first kappa shape index (κ1) is 14.4. The van der Waals surface area contributed by atoms with Crippen LogP contribution in [0.5, 0.6) is 0 Å². The maximum Gasteiger partial charge on any atom is 0.0705 e. The zero-order valence-electron chi connectivity index (χ0n) is 12.6. The second-order valence-corrected chi connectivity index (χ2v) is 5.61. The lowest BCUT2D eigenvalue weighted by Gasteiger charge is -2.26. The Bertz CT molecular complexity index is 594. The number of morpholine rings is 1. The topological polar surface area (TPSA) is 37.4 Å². The van der Waals surface area contributed by atoms with Crippen molar-refractivity contribution in [2.45, 2.75) is 13.5 Å². The molecule has 0 amide bonds. The number of nitrogens with one attached hydrogen (secondary N) is 1. The lowest BCUT2D eigenvalue weighted by molar-refractivity contribution is 0.0384. The highest BCUT2D eigenvalue weighted by molar-refractivity contribution is 5.79. The molecule has 0 spiro atoms. The van der Waals surface area contributed by atoms with Crippen LogP contribution in [0.15, 0.2) is 30.3 Å². The molecular formula is C17H23N3O. The number of hydrogen-bond donors (Lipinski definition) is 1. The van der Waals surface area contributed by atoms with Gasteiger partial charge in [-0.1, -0.05) is 12.1 Å². The molecular weight excluding hydrogens is 262 g/mol. The fourth-order valence-electron chi connectivity index (χ4n) is 2.68. The molecule has 0 saturated carbocycles. The van der Waals surface area contributed by atoms with Gasteiger partial charge in [-0.3, -0.25) is 9.88 Å². The Hall–Kier alpha value is -1.49. The molecule has 0 atom stereocenters. The van der Waals surface area contributed by atoms with Crippen molar-refractivity contribution in [3.63, 3.8) is 0 Å². The molecule has 1 aliphatic heterocycles. The summed E-state index contributed by atoms with van der Waals surface area (Å²) in [5, 5.41) is 4.74. The van der Waals surface area contributed by atoms with Crippen LogP contribution >= 0.6 is 0 Å². The van der Waals surface area contributed by atoms with Gasteiger partial charge in [-0.05, 0) is 30.7 Å². The maximum atomic E-state index is 5.36. The number of ether oxygens (including phenoxy) is 1. The SMILES string of the molecule is Cc1ccc2cc(CNCCN3CCOCC3)ccc2n1. The first-order chi connectivity index (χ1) is 10.3. The zero-order valence-corrected chi connectivity index (χ0v) is 12.6. The van der Waals surface area contributed by atoms with E-state index >= 15 is 0 Å². The normalized spacial score (nSPS) is 16.4. The Balaban J connectivity index is 1.49. The molecule has 21 heavy (non-hydrogen) atoms. The average Bonchev–Trinajstić information content (AvgIpc) is 2.52. The Kier molecular flexibility index (Phi) is 4.80. The minimum absolute atomic E-state index is 0.872. The second-order valence-electron chi connectivity index (χ2n) is 5.61. The predicted molar refractivity (Wildman–Crippen MR) is 85.4 cm³/mol. The highest BCUT2D eigenvalue weighted by Gasteiger charge is 2.08. The number of nitrogens with zero attached hydrogens (tertiary/aromatic N) is 2. The molecule has 4 nitrogen and oxygen atoms in total. The molecule has 0 radical (unpaired) electrons. The van der Waals surface area contributed by atoms with Crippen LogP contribution in [0, 0.1) is 6.92 Å². The van der Waals surface area contributed by atoms with E-state index in [1.807, 2.05) is 6.92 Å². The molecule has 1 aliphatic rings. The lowest BCUT2D eigenvalue weighted by atomic mass is 10.1. The number of aryl methyl sites for hydroxylation is 1. The summed E-state index contributed by atoms with van der Waals surface area (Å²) >= 11 is 0. The Morgan fingerprint density at radius 3 is 2.90 bits per heavy atom. The minimum Gasteiger partial charge on any atom is -0.379 e. The predicted octanol–water partition coefficient (Wildman–Crippen LogP) is 1.97. The Morgan fingerprint density at radius 1 is 1.19 bits per heavy atom. The summed E-state index contributed by atoms with van der Waals surface area (Å²) in [4.78, 5) is 6.98. The van der Waals surface area contributed by atoms with Crippen LogP contribution in [0.3, 0.4) is 0 Å². The van der Waals surface area contributed by atoms with E-state index in [1.54, 1.807) is 0 Å². The van der Waals surface area contributed by atoms with E-state index in [-0.39, 0.29) is 0 Å². The summed E-state index contributed by atoms with van der Waals surface area (Å²) in [6.07, 6.45) is 0. The van der Waals surface area contributed by atoms with Gasteiger partial charge in [-0.15, -0.1) is 0 Å². The molecule has 1 aromatic carbocycles. The third-order valence-corrected chi connectivity index (χ3v) is 3.93. The highest BCUT2D eigenvalue weighted by Crippen LogP contribution is 2.14. The first-order valence-corrected chi connectivity index (χ1v) is 7.68. The molecule has 1 N–H and O–H groups in total. The van der Waals surface area contributed by atoms with Crippen LogP contribution in [0.4, 0.5) is 0 Å². The fourth-order valence-corrected chi connectivity index (χ4v) is 2.68. The number of aromatic nitrogens is 1. The van der Waals surface area contributed by atoms with E-state index in [0.29, 0.717) is 0 Å². The smallest absolute Gasteiger partial charge is 0.0705 e. The zero-order chi connectivity index (χ0) is 14.5. The molecule has 3 rings (SSSR count). The third-order valence-electron chi connectivity index (χ3n) is 3.93. The summed E-state index contributed by atoms with van der Waals surface area (Å²) in [6, 6.07) is 10.7. The van der Waals surface area contributed by atoms with E-state index in [1.165, 1.54) is 10.9 Å². The van der Waals surface area contributed by atoms with Crippen LogP contribution in [-0.2, 0) is 11.3 Å². The van der Waals surface area contributed by atoms with E-state index in [4.69, 9.17) is 4.74 Å².